The van der Waals surface area contributed by atoms with E-state index >= 15 is 0 Å². The lowest BCUT2D eigenvalue weighted by Gasteiger charge is -2.47. The van der Waals surface area contributed by atoms with Crippen molar-refractivity contribution in [2.45, 2.75) is 113 Å². The lowest BCUT2D eigenvalue weighted by atomic mass is 9.69. The van der Waals surface area contributed by atoms with Gasteiger partial charge in [-0.2, -0.15) is 0 Å². The van der Waals surface area contributed by atoms with Crippen LogP contribution in [0.2, 0.25) is 0 Å². The number of carbonyl (C=O) groups excluding carboxylic acids is 3. The molecule has 45 heavy (non-hydrogen) atoms. The SMILES string of the molecule is COC1C(SC(=O)NC2CCC(NC(=O)CNN[C@H](C=O)Cc3ccccc3)CC2)CC[C@]2(CO2)C1C(C)(C)OCC=C(C)C. The Bertz CT molecular complexity index is 1150. The number of methoxy groups -OCH3 is 1. The maximum Gasteiger partial charge on any atom is 0.279 e. The van der Waals surface area contributed by atoms with E-state index in [1.54, 1.807) is 7.11 Å². The van der Waals surface area contributed by atoms with E-state index < -0.39 is 11.6 Å². The van der Waals surface area contributed by atoms with E-state index in [-0.39, 0.29) is 52.6 Å². The number of hydrogen-bond acceptors (Lipinski definition) is 9. The number of benzene rings is 1. The summed E-state index contributed by atoms with van der Waals surface area (Å²) in [6.45, 7) is 9.64. The molecule has 2 saturated carbocycles. The van der Waals surface area contributed by atoms with Gasteiger partial charge in [-0.15, -0.1) is 0 Å². The monoisotopic (exact) mass is 644 g/mol. The number of hydrogen-bond donors (Lipinski definition) is 4. The number of hydrazine groups is 1. The zero-order valence-corrected chi connectivity index (χ0v) is 28.3. The summed E-state index contributed by atoms with van der Waals surface area (Å²) in [5.41, 5.74) is 7.35. The molecule has 4 N–H and O–H groups in total. The molecule has 2 amide bonds. The van der Waals surface area contributed by atoms with Gasteiger partial charge in [0.2, 0.25) is 5.91 Å². The van der Waals surface area contributed by atoms with Crippen molar-refractivity contribution in [1.82, 2.24) is 21.5 Å². The molecule has 1 heterocycles. The number of ether oxygens (including phenoxy) is 3. The lowest BCUT2D eigenvalue weighted by Crippen LogP contribution is -2.57. The Hall–Kier alpha value is -2.28. The minimum Gasteiger partial charge on any atom is -0.380 e. The quantitative estimate of drug-likeness (QED) is 0.0966. The third-order valence-corrected chi connectivity index (χ3v) is 10.4. The highest BCUT2D eigenvalue weighted by Crippen LogP contribution is 2.54. The third-order valence-electron chi connectivity index (χ3n) is 9.27. The van der Waals surface area contributed by atoms with E-state index in [1.165, 1.54) is 17.3 Å². The van der Waals surface area contributed by atoms with Gasteiger partial charge in [0.05, 0.1) is 43.1 Å². The number of nitrogens with one attached hydrogen (secondary N) is 4. The van der Waals surface area contributed by atoms with E-state index in [2.05, 4.69) is 55.3 Å². The highest BCUT2D eigenvalue weighted by atomic mass is 32.2. The van der Waals surface area contributed by atoms with Crippen molar-refractivity contribution in [1.29, 1.82) is 0 Å². The number of carbonyl (C=O) groups is 3. The van der Waals surface area contributed by atoms with Crippen LogP contribution in [0, 0.1) is 5.92 Å². The average molecular weight is 645 g/mol. The minimum atomic E-state index is -0.481. The molecule has 1 aromatic rings. The third kappa shape index (κ3) is 10.4. The van der Waals surface area contributed by atoms with E-state index in [9.17, 15) is 14.4 Å². The molecule has 10 nitrogen and oxygen atoms in total. The van der Waals surface area contributed by atoms with Gasteiger partial charge in [-0.3, -0.25) is 9.59 Å². The topological polar surface area (TPSA) is 130 Å². The van der Waals surface area contributed by atoms with Gasteiger partial charge in [0.1, 0.15) is 6.29 Å². The normalized spacial score (nSPS) is 28.6. The highest BCUT2D eigenvalue weighted by Gasteiger charge is 2.63. The van der Waals surface area contributed by atoms with Crippen molar-refractivity contribution >= 4 is 29.2 Å². The van der Waals surface area contributed by atoms with E-state index in [0.29, 0.717) is 19.6 Å². The molecule has 11 heteroatoms. The molecule has 250 valence electrons. The number of amides is 2. The van der Waals surface area contributed by atoms with Crippen molar-refractivity contribution in [3.8, 4) is 0 Å². The smallest absolute Gasteiger partial charge is 0.279 e. The van der Waals surface area contributed by atoms with Crippen LogP contribution in [0.5, 0.6) is 0 Å². The van der Waals surface area contributed by atoms with E-state index in [4.69, 9.17) is 14.2 Å². The average Bonchev–Trinajstić information content (AvgIpc) is 3.77. The molecule has 2 aliphatic carbocycles. The van der Waals surface area contributed by atoms with Crippen molar-refractivity contribution in [3.63, 3.8) is 0 Å². The Morgan fingerprint density at radius 2 is 1.76 bits per heavy atom. The first-order chi connectivity index (χ1) is 21.5. The van der Waals surface area contributed by atoms with Gasteiger partial charge in [0, 0.05) is 30.4 Å². The molecule has 0 bridgehead atoms. The maximum atomic E-state index is 13.2. The molecule has 3 aliphatic rings. The van der Waals surface area contributed by atoms with Crippen LogP contribution < -0.4 is 21.5 Å². The Morgan fingerprint density at radius 3 is 2.36 bits per heavy atom. The fourth-order valence-electron chi connectivity index (χ4n) is 6.86. The van der Waals surface area contributed by atoms with Gasteiger partial charge >= 0.3 is 0 Å². The van der Waals surface area contributed by atoms with Gasteiger partial charge in [-0.1, -0.05) is 53.7 Å². The van der Waals surface area contributed by atoms with Crippen LogP contribution in [-0.2, 0) is 30.2 Å². The molecule has 4 rings (SSSR count). The zero-order valence-electron chi connectivity index (χ0n) is 27.4. The van der Waals surface area contributed by atoms with Crippen molar-refractivity contribution in [3.05, 3.63) is 47.5 Å². The molecule has 0 radical (unpaired) electrons. The van der Waals surface area contributed by atoms with Gasteiger partial charge in [-0.05, 0) is 78.2 Å². The number of allylic oxidation sites excluding steroid dienone is 1. The second-order valence-electron chi connectivity index (χ2n) is 13.4. The van der Waals surface area contributed by atoms with E-state index in [0.717, 1.165) is 50.4 Å². The van der Waals surface area contributed by atoms with Crippen molar-refractivity contribution in [2.24, 2.45) is 5.92 Å². The predicted octanol–water partition coefficient (Wildman–Crippen LogP) is 4.09. The van der Waals surface area contributed by atoms with Crippen molar-refractivity contribution < 1.29 is 28.6 Å². The molecule has 1 aromatic carbocycles. The summed E-state index contributed by atoms with van der Waals surface area (Å²) in [7, 11) is 1.73. The molecular formula is C34H52N4O6S. The van der Waals surface area contributed by atoms with Gasteiger partial charge < -0.3 is 29.6 Å². The largest absolute Gasteiger partial charge is 0.380 e. The molecule has 3 fully saturated rings. The van der Waals surface area contributed by atoms with Crippen LogP contribution in [0.1, 0.15) is 71.8 Å². The van der Waals surface area contributed by atoms with Crippen LogP contribution in [0.3, 0.4) is 0 Å². The highest BCUT2D eigenvalue weighted by molar-refractivity contribution is 8.14. The Kier molecular flexibility index (Phi) is 13.1. The van der Waals surface area contributed by atoms with E-state index in [1.807, 2.05) is 30.3 Å². The molecule has 1 spiro atoms. The summed E-state index contributed by atoms with van der Waals surface area (Å²) in [4.78, 5) is 37.2. The Morgan fingerprint density at radius 1 is 1.09 bits per heavy atom. The molecule has 0 aromatic heterocycles. The number of rotatable bonds is 15. The zero-order chi connectivity index (χ0) is 32.5. The van der Waals surface area contributed by atoms with Gasteiger partial charge in [-0.25, -0.2) is 10.9 Å². The van der Waals surface area contributed by atoms with Crippen LogP contribution in [-0.4, -0.2) is 85.0 Å². The van der Waals surface area contributed by atoms with Crippen LogP contribution in [0.15, 0.2) is 42.0 Å². The molecule has 3 unspecified atom stereocenters. The Balaban J connectivity index is 1.18. The van der Waals surface area contributed by atoms with Gasteiger partial charge in [0.15, 0.2) is 0 Å². The fourth-order valence-corrected chi connectivity index (χ4v) is 8.00. The molecule has 1 saturated heterocycles. The summed E-state index contributed by atoms with van der Waals surface area (Å²) >= 11 is 1.34. The first-order valence-electron chi connectivity index (χ1n) is 16.2. The summed E-state index contributed by atoms with van der Waals surface area (Å²) in [5.74, 6) is -0.117. The molecular weight excluding hydrogens is 592 g/mol. The summed E-state index contributed by atoms with van der Waals surface area (Å²) in [6, 6.07) is 9.45. The second kappa shape index (κ2) is 16.5. The summed E-state index contributed by atoms with van der Waals surface area (Å²) in [5, 5.41) is 6.28. The maximum absolute atomic E-state index is 13.2. The van der Waals surface area contributed by atoms with Crippen LogP contribution in [0.25, 0.3) is 0 Å². The standard InChI is InChI=1S/C34H52N4O6S/c1-23(2)16-18-43-33(3,4)31-30(42-5)28(15-17-34(31)22-44-34)45-32(41)37-26-13-11-25(12-14-26)36-29(40)20-35-38-27(21-39)19-24-9-7-6-8-10-24/h6-10,16,21,25-28,30-31,35,38H,11-15,17-20,22H2,1-5H3,(H,36,40)(H,37,41)/t25?,26?,27-,28?,30?,31?,34-/m0/s1. The second-order valence-corrected chi connectivity index (χ2v) is 14.6. The molecule has 5 atom stereocenters. The van der Waals surface area contributed by atoms with Crippen molar-refractivity contribution in [2.75, 3.05) is 26.9 Å². The summed E-state index contributed by atoms with van der Waals surface area (Å²) in [6.07, 6.45) is 8.21. The number of aldehydes is 1. The first kappa shape index (κ1) is 35.6. The lowest BCUT2D eigenvalue weighted by molar-refractivity contribution is -0.136. The molecule has 1 aliphatic heterocycles. The number of epoxide rings is 1. The first-order valence-corrected chi connectivity index (χ1v) is 17.1. The van der Waals surface area contributed by atoms with Crippen LogP contribution >= 0.6 is 11.8 Å². The predicted molar refractivity (Wildman–Crippen MR) is 177 cm³/mol. The summed E-state index contributed by atoms with van der Waals surface area (Å²) < 4.78 is 18.5. The van der Waals surface area contributed by atoms with Gasteiger partial charge in [0.25, 0.3) is 5.24 Å². The van der Waals surface area contributed by atoms with Crippen LogP contribution in [0.4, 0.5) is 4.79 Å². The number of thioether (sulfide) groups is 1. The Labute approximate surface area is 272 Å². The minimum absolute atomic E-state index is 0.00407. The fraction of sp³-hybridized carbons (Fsp3) is 0.676.